The second-order valence-electron chi connectivity index (χ2n) is 5.46. The number of amides is 1. The Morgan fingerprint density at radius 2 is 2.33 bits per heavy atom. The van der Waals surface area contributed by atoms with Gasteiger partial charge in [0.1, 0.15) is 11.1 Å². The van der Waals surface area contributed by atoms with Gasteiger partial charge in [-0.2, -0.15) is 0 Å². The van der Waals surface area contributed by atoms with Gasteiger partial charge in [0.15, 0.2) is 0 Å². The van der Waals surface area contributed by atoms with E-state index < -0.39 is 5.41 Å². The van der Waals surface area contributed by atoms with Crippen LogP contribution in [0.4, 0.5) is 0 Å². The molecule has 1 N–H and O–H groups in total. The molecule has 2 aromatic rings. The third-order valence-corrected chi connectivity index (χ3v) is 3.90. The van der Waals surface area contributed by atoms with Gasteiger partial charge in [0.2, 0.25) is 5.91 Å². The molecule has 0 atom stereocenters. The summed E-state index contributed by atoms with van der Waals surface area (Å²) in [6.45, 7) is 3.61. The number of imidazole rings is 1. The third-order valence-electron chi connectivity index (χ3n) is 3.90. The molecule has 3 rings (SSSR count). The number of rotatable bonds is 5. The first kappa shape index (κ1) is 14.0. The summed E-state index contributed by atoms with van der Waals surface area (Å²) < 4.78 is 12.3. The van der Waals surface area contributed by atoms with E-state index in [0.29, 0.717) is 26.4 Å². The molecule has 21 heavy (non-hydrogen) atoms. The molecule has 1 fully saturated rings. The van der Waals surface area contributed by atoms with Crippen molar-refractivity contribution in [2.75, 3.05) is 26.9 Å². The third kappa shape index (κ3) is 2.41. The maximum Gasteiger partial charge on any atom is 0.233 e. The molecule has 0 aromatic carbocycles. The summed E-state index contributed by atoms with van der Waals surface area (Å²) in [4.78, 5) is 16.9. The molecule has 0 radical (unpaired) electrons. The monoisotopic (exact) mass is 289 g/mol. The summed E-state index contributed by atoms with van der Waals surface area (Å²) in [6.07, 6.45) is 1.95. The molecule has 2 aromatic heterocycles. The van der Waals surface area contributed by atoms with Crippen molar-refractivity contribution in [1.29, 1.82) is 0 Å². The minimum absolute atomic E-state index is 0.0270. The number of carbonyl (C=O) groups excluding carboxylic acids is 1. The molecule has 1 aliphatic heterocycles. The minimum Gasteiger partial charge on any atom is -0.383 e. The molecule has 0 spiro atoms. The van der Waals surface area contributed by atoms with Crippen LogP contribution in [0.1, 0.15) is 11.4 Å². The average Bonchev–Trinajstić information content (AvgIpc) is 2.75. The van der Waals surface area contributed by atoms with Gasteiger partial charge in [0.25, 0.3) is 0 Å². The van der Waals surface area contributed by atoms with Gasteiger partial charge in [-0.1, -0.05) is 6.07 Å². The van der Waals surface area contributed by atoms with Gasteiger partial charge in [-0.05, 0) is 19.1 Å². The van der Waals surface area contributed by atoms with E-state index >= 15 is 0 Å². The van der Waals surface area contributed by atoms with Crippen molar-refractivity contribution in [2.24, 2.45) is 5.41 Å². The molecule has 6 nitrogen and oxygen atoms in total. The van der Waals surface area contributed by atoms with Gasteiger partial charge in [-0.3, -0.25) is 4.79 Å². The largest absolute Gasteiger partial charge is 0.383 e. The lowest BCUT2D eigenvalue weighted by Gasteiger charge is -2.39. The number of hydrogen-bond donors (Lipinski definition) is 1. The molecule has 3 heterocycles. The van der Waals surface area contributed by atoms with Gasteiger partial charge in [0, 0.05) is 13.3 Å². The first-order valence-corrected chi connectivity index (χ1v) is 6.94. The highest BCUT2D eigenvalue weighted by Crippen LogP contribution is 2.28. The smallest absolute Gasteiger partial charge is 0.233 e. The van der Waals surface area contributed by atoms with Crippen LogP contribution in [-0.4, -0.2) is 42.2 Å². The average molecular weight is 289 g/mol. The second-order valence-corrected chi connectivity index (χ2v) is 5.46. The highest BCUT2D eigenvalue weighted by Gasteiger charge is 2.46. The molecule has 112 valence electrons. The van der Waals surface area contributed by atoms with Crippen molar-refractivity contribution in [2.45, 2.75) is 13.5 Å². The molecule has 1 saturated heterocycles. The predicted octanol–water partition coefficient (Wildman–Crippen LogP) is 0.922. The number of nitrogens with zero attached hydrogens (tertiary/aromatic N) is 2. The summed E-state index contributed by atoms with van der Waals surface area (Å²) in [6, 6.07) is 5.85. The molecule has 0 bridgehead atoms. The Balaban J connectivity index is 1.74. The lowest BCUT2D eigenvalue weighted by Crippen LogP contribution is -2.56. The fourth-order valence-electron chi connectivity index (χ4n) is 2.63. The van der Waals surface area contributed by atoms with E-state index in [1.807, 2.05) is 35.7 Å². The normalized spacial score (nSPS) is 16.7. The quantitative estimate of drug-likeness (QED) is 0.889. The molecular weight excluding hydrogens is 270 g/mol. The fourth-order valence-corrected chi connectivity index (χ4v) is 2.63. The minimum atomic E-state index is -0.539. The molecule has 0 saturated carbocycles. The highest BCUT2D eigenvalue weighted by molar-refractivity contribution is 5.83. The van der Waals surface area contributed by atoms with Gasteiger partial charge < -0.3 is 19.2 Å². The number of pyridine rings is 1. The second kappa shape index (κ2) is 5.46. The summed E-state index contributed by atoms with van der Waals surface area (Å²) >= 11 is 0. The fraction of sp³-hybridized carbons (Fsp3) is 0.467. The lowest BCUT2D eigenvalue weighted by atomic mass is 9.86. The number of aromatic nitrogens is 2. The maximum atomic E-state index is 12.4. The van der Waals surface area contributed by atoms with Crippen LogP contribution in [0, 0.1) is 12.3 Å². The zero-order chi connectivity index (χ0) is 14.9. The number of fused-ring (bicyclic) bond motifs is 1. The Morgan fingerprint density at radius 1 is 1.52 bits per heavy atom. The Bertz CT molecular complexity index is 661. The number of aryl methyl sites for hydroxylation is 1. The van der Waals surface area contributed by atoms with E-state index in [9.17, 15) is 4.79 Å². The number of hydrogen-bond acceptors (Lipinski definition) is 4. The molecular formula is C15H19N3O3. The Kier molecular flexibility index (Phi) is 3.65. The van der Waals surface area contributed by atoms with Crippen molar-refractivity contribution in [3.8, 4) is 0 Å². The van der Waals surface area contributed by atoms with E-state index in [-0.39, 0.29) is 5.91 Å². The van der Waals surface area contributed by atoms with Gasteiger partial charge >= 0.3 is 0 Å². The van der Waals surface area contributed by atoms with Crippen LogP contribution in [0.2, 0.25) is 0 Å². The molecule has 1 aliphatic rings. The first-order chi connectivity index (χ1) is 10.2. The Labute approximate surface area is 123 Å². The van der Waals surface area contributed by atoms with Crippen LogP contribution in [-0.2, 0) is 20.8 Å². The van der Waals surface area contributed by atoms with Crippen molar-refractivity contribution >= 4 is 11.6 Å². The molecule has 1 amide bonds. The number of methoxy groups -OCH3 is 1. The van der Waals surface area contributed by atoms with Gasteiger partial charge in [-0.25, -0.2) is 4.98 Å². The van der Waals surface area contributed by atoms with Crippen LogP contribution >= 0.6 is 0 Å². The van der Waals surface area contributed by atoms with Crippen LogP contribution in [0.25, 0.3) is 5.65 Å². The Hall–Kier alpha value is -1.92. The summed E-state index contributed by atoms with van der Waals surface area (Å²) in [7, 11) is 1.60. The number of carbonyl (C=O) groups is 1. The first-order valence-electron chi connectivity index (χ1n) is 6.94. The van der Waals surface area contributed by atoms with Crippen LogP contribution in [0.15, 0.2) is 24.4 Å². The zero-order valence-electron chi connectivity index (χ0n) is 12.3. The highest BCUT2D eigenvalue weighted by atomic mass is 16.5. The van der Waals surface area contributed by atoms with Crippen molar-refractivity contribution in [3.05, 3.63) is 35.8 Å². The summed E-state index contributed by atoms with van der Waals surface area (Å²) in [5.41, 5.74) is 2.26. The Morgan fingerprint density at radius 3 is 3.00 bits per heavy atom. The maximum absolute atomic E-state index is 12.4. The van der Waals surface area contributed by atoms with Gasteiger partial charge in [-0.15, -0.1) is 0 Å². The number of ether oxygens (including phenoxy) is 2. The van der Waals surface area contributed by atoms with Crippen molar-refractivity contribution in [3.63, 3.8) is 0 Å². The standard InChI is InChI=1S/C15H19N3O3/c1-11-12(18-6-4-3-5-13(18)17-11)7-16-14(19)15(8-20-2)9-21-10-15/h3-6H,7-10H2,1-2H3,(H,16,19). The van der Waals surface area contributed by atoms with E-state index in [2.05, 4.69) is 10.3 Å². The topological polar surface area (TPSA) is 64.9 Å². The number of nitrogens with one attached hydrogen (secondary N) is 1. The van der Waals surface area contributed by atoms with E-state index in [1.54, 1.807) is 7.11 Å². The lowest BCUT2D eigenvalue weighted by molar-refractivity contribution is -0.172. The van der Waals surface area contributed by atoms with Crippen molar-refractivity contribution < 1.29 is 14.3 Å². The molecule has 6 heteroatoms. The van der Waals surface area contributed by atoms with Crippen LogP contribution < -0.4 is 5.32 Å². The van der Waals surface area contributed by atoms with E-state index in [1.165, 1.54) is 0 Å². The molecule has 0 aliphatic carbocycles. The predicted molar refractivity (Wildman–Crippen MR) is 76.9 cm³/mol. The zero-order valence-corrected chi connectivity index (χ0v) is 12.3. The van der Waals surface area contributed by atoms with E-state index in [4.69, 9.17) is 9.47 Å². The van der Waals surface area contributed by atoms with E-state index in [0.717, 1.165) is 17.0 Å². The van der Waals surface area contributed by atoms with Crippen LogP contribution in [0.5, 0.6) is 0 Å². The van der Waals surface area contributed by atoms with Crippen LogP contribution in [0.3, 0.4) is 0 Å². The SMILES string of the molecule is COCC1(C(=O)NCc2c(C)nc3ccccn23)COC1. The molecule has 0 unspecified atom stereocenters. The summed E-state index contributed by atoms with van der Waals surface area (Å²) in [5, 5.41) is 2.99. The van der Waals surface area contributed by atoms with Gasteiger partial charge in [0.05, 0.1) is 37.8 Å². The van der Waals surface area contributed by atoms with Crippen molar-refractivity contribution in [1.82, 2.24) is 14.7 Å². The summed E-state index contributed by atoms with van der Waals surface area (Å²) in [5.74, 6) is -0.0270.